The highest BCUT2D eigenvalue weighted by atomic mass is 32.2. The summed E-state index contributed by atoms with van der Waals surface area (Å²) >= 11 is 1.69. The number of carbonyl (C=O) groups excluding carboxylic acids is 2. The zero-order valence-corrected chi connectivity index (χ0v) is 15.6. The van der Waals surface area contributed by atoms with E-state index in [1.807, 2.05) is 29.0 Å². The summed E-state index contributed by atoms with van der Waals surface area (Å²) in [6.45, 7) is 5.95. The van der Waals surface area contributed by atoms with Gasteiger partial charge in [0.2, 0.25) is 11.8 Å². The topological polar surface area (TPSA) is 67.2 Å². The number of nitrogens with zero attached hydrogens (tertiary/aromatic N) is 3. The number of nitrogens with one attached hydrogen (secondary N) is 1. The molecule has 0 aromatic carbocycles. The zero-order chi connectivity index (χ0) is 17.5. The molecule has 1 unspecified atom stereocenters. The number of aryl methyl sites for hydroxylation is 1. The van der Waals surface area contributed by atoms with Crippen molar-refractivity contribution in [1.82, 2.24) is 20.0 Å². The molecule has 0 aliphatic carbocycles. The van der Waals surface area contributed by atoms with Crippen LogP contribution in [0.25, 0.3) is 0 Å². The third-order valence-corrected chi connectivity index (χ3v) is 5.06. The van der Waals surface area contributed by atoms with Gasteiger partial charge < -0.3 is 10.2 Å². The maximum absolute atomic E-state index is 12.7. The number of thioether (sulfide) groups is 1. The molecule has 1 N–H and O–H groups in total. The maximum atomic E-state index is 12.7. The highest BCUT2D eigenvalue weighted by Gasteiger charge is 2.28. The van der Waals surface area contributed by atoms with E-state index in [1.165, 1.54) is 12.5 Å². The van der Waals surface area contributed by atoms with Gasteiger partial charge in [-0.1, -0.05) is 0 Å². The van der Waals surface area contributed by atoms with Gasteiger partial charge in [-0.05, 0) is 49.7 Å². The van der Waals surface area contributed by atoms with Gasteiger partial charge in [0.05, 0.1) is 6.20 Å². The Labute approximate surface area is 148 Å². The van der Waals surface area contributed by atoms with Gasteiger partial charge in [0.25, 0.3) is 0 Å². The third-order valence-electron chi connectivity index (χ3n) is 4.42. The Morgan fingerprint density at radius 3 is 2.67 bits per heavy atom. The van der Waals surface area contributed by atoms with E-state index in [-0.39, 0.29) is 17.9 Å². The molecule has 0 saturated carbocycles. The molecule has 0 radical (unpaired) electrons. The van der Waals surface area contributed by atoms with Gasteiger partial charge in [0.15, 0.2) is 0 Å². The minimum absolute atomic E-state index is 0.0626. The lowest BCUT2D eigenvalue weighted by Crippen LogP contribution is -2.50. The van der Waals surface area contributed by atoms with Crippen molar-refractivity contribution < 1.29 is 9.59 Å². The average Bonchev–Trinajstić information content (AvgIpc) is 2.96. The fourth-order valence-electron chi connectivity index (χ4n) is 3.13. The van der Waals surface area contributed by atoms with E-state index in [1.54, 1.807) is 11.8 Å². The van der Waals surface area contributed by atoms with E-state index in [4.69, 9.17) is 0 Å². The van der Waals surface area contributed by atoms with Crippen molar-refractivity contribution >= 4 is 23.6 Å². The van der Waals surface area contributed by atoms with Crippen LogP contribution in [0.3, 0.4) is 0 Å². The minimum Gasteiger partial charge on any atom is -0.345 e. The van der Waals surface area contributed by atoms with Gasteiger partial charge in [-0.25, -0.2) is 0 Å². The summed E-state index contributed by atoms with van der Waals surface area (Å²) in [5.41, 5.74) is 1.18. The summed E-state index contributed by atoms with van der Waals surface area (Å²) in [6.07, 6.45) is 8.61. The molecule has 1 aromatic rings. The largest absolute Gasteiger partial charge is 0.345 e. The summed E-state index contributed by atoms with van der Waals surface area (Å²) < 4.78 is 2.00. The molecule has 24 heavy (non-hydrogen) atoms. The quantitative estimate of drug-likeness (QED) is 0.811. The fraction of sp³-hybridized carbons (Fsp3) is 0.706. The second-order valence-corrected chi connectivity index (χ2v) is 7.53. The van der Waals surface area contributed by atoms with Gasteiger partial charge in [-0.2, -0.15) is 16.9 Å². The Bertz CT molecular complexity index is 553. The lowest BCUT2D eigenvalue weighted by Gasteiger charge is -2.34. The molecule has 0 spiro atoms. The summed E-state index contributed by atoms with van der Waals surface area (Å²) in [7, 11) is 0. The first-order valence-electron chi connectivity index (χ1n) is 8.53. The van der Waals surface area contributed by atoms with Crippen molar-refractivity contribution in [2.45, 2.75) is 45.7 Å². The molecular formula is C17H28N4O2S. The molecule has 2 heterocycles. The fourth-order valence-corrected chi connectivity index (χ4v) is 3.60. The van der Waals surface area contributed by atoms with E-state index in [0.717, 1.165) is 38.2 Å². The van der Waals surface area contributed by atoms with Crippen molar-refractivity contribution in [2.24, 2.45) is 5.92 Å². The Kier molecular flexibility index (Phi) is 7.15. The minimum atomic E-state index is -0.389. The summed E-state index contributed by atoms with van der Waals surface area (Å²) in [6, 6.07) is -0.389. The molecule has 1 aliphatic rings. The van der Waals surface area contributed by atoms with Crippen LogP contribution >= 0.6 is 11.8 Å². The van der Waals surface area contributed by atoms with Gasteiger partial charge in [-0.15, -0.1) is 0 Å². The maximum Gasteiger partial charge on any atom is 0.245 e. The van der Waals surface area contributed by atoms with Crippen LogP contribution < -0.4 is 5.32 Å². The number of hydrogen-bond donors (Lipinski definition) is 1. The van der Waals surface area contributed by atoms with Crippen molar-refractivity contribution in [3.8, 4) is 0 Å². The molecule has 1 aliphatic heterocycles. The number of aromatic nitrogens is 2. The van der Waals surface area contributed by atoms with Crippen molar-refractivity contribution in [3.63, 3.8) is 0 Å². The van der Waals surface area contributed by atoms with Crippen LogP contribution in [0.1, 0.15) is 31.7 Å². The molecule has 1 saturated heterocycles. The van der Waals surface area contributed by atoms with Crippen LogP contribution in [0.2, 0.25) is 0 Å². The third kappa shape index (κ3) is 5.54. The highest BCUT2D eigenvalue weighted by Crippen LogP contribution is 2.20. The first-order valence-corrected chi connectivity index (χ1v) is 9.93. The van der Waals surface area contributed by atoms with Crippen LogP contribution in [0.5, 0.6) is 0 Å². The Balaban J connectivity index is 1.84. The second kappa shape index (κ2) is 9.11. The molecule has 1 aromatic heterocycles. The van der Waals surface area contributed by atoms with Gasteiger partial charge in [0, 0.05) is 32.8 Å². The number of rotatable bonds is 7. The van der Waals surface area contributed by atoms with Crippen LogP contribution in [0.4, 0.5) is 0 Å². The molecular weight excluding hydrogens is 324 g/mol. The summed E-state index contributed by atoms with van der Waals surface area (Å²) in [4.78, 5) is 26.0. The van der Waals surface area contributed by atoms with E-state index in [0.29, 0.717) is 12.3 Å². The SMILES string of the molecule is CSCCC(NC(C)=O)C(=O)N1CCC(Cn2cc(C)cn2)CC1. The molecule has 0 bridgehead atoms. The molecule has 1 fully saturated rings. The van der Waals surface area contributed by atoms with Crippen molar-refractivity contribution in [1.29, 1.82) is 0 Å². The van der Waals surface area contributed by atoms with E-state index in [2.05, 4.69) is 16.6 Å². The Morgan fingerprint density at radius 2 is 2.12 bits per heavy atom. The van der Waals surface area contributed by atoms with Crippen LogP contribution in [0, 0.1) is 12.8 Å². The predicted octanol–water partition coefficient (Wildman–Crippen LogP) is 1.69. The van der Waals surface area contributed by atoms with E-state index >= 15 is 0 Å². The molecule has 2 amide bonds. The van der Waals surface area contributed by atoms with Crippen LogP contribution in [-0.4, -0.2) is 57.6 Å². The van der Waals surface area contributed by atoms with Crippen molar-refractivity contribution in [2.75, 3.05) is 25.1 Å². The van der Waals surface area contributed by atoms with Gasteiger partial charge in [0.1, 0.15) is 6.04 Å². The standard InChI is InChI=1S/C17H28N4O2S/c1-13-10-18-21(11-13)12-15-4-7-20(8-5-15)17(23)16(6-9-24-3)19-14(2)22/h10-11,15-16H,4-9,12H2,1-3H3,(H,19,22). The van der Waals surface area contributed by atoms with E-state index in [9.17, 15) is 9.59 Å². The second-order valence-electron chi connectivity index (χ2n) is 6.54. The number of likely N-dealkylation sites (tertiary alicyclic amines) is 1. The molecule has 134 valence electrons. The number of hydrogen-bond acceptors (Lipinski definition) is 4. The normalized spacial score (nSPS) is 16.9. The van der Waals surface area contributed by atoms with Gasteiger partial charge >= 0.3 is 0 Å². The summed E-state index contributed by atoms with van der Waals surface area (Å²) in [5, 5.41) is 7.15. The zero-order valence-electron chi connectivity index (χ0n) is 14.8. The smallest absolute Gasteiger partial charge is 0.245 e. The number of carbonyl (C=O) groups is 2. The first-order chi connectivity index (χ1) is 11.5. The monoisotopic (exact) mass is 352 g/mol. The molecule has 2 rings (SSSR count). The lowest BCUT2D eigenvalue weighted by atomic mass is 9.96. The first kappa shape index (κ1) is 18.8. The van der Waals surface area contributed by atoms with E-state index < -0.39 is 0 Å². The number of piperidine rings is 1. The number of amides is 2. The average molecular weight is 353 g/mol. The highest BCUT2D eigenvalue weighted by molar-refractivity contribution is 7.98. The molecule has 1 atom stereocenters. The van der Waals surface area contributed by atoms with Gasteiger partial charge in [-0.3, -0.25) is 14.3 Å². The Hall–Kier alpha value is -1.50. The van der Waals surface area contributed by atoms with Crippen LogP contribution in [0.15, 0.2) is 12.4 Å². The molecule has 7 heteroatoms. The Morgan fingerprint density at radius 1 is 1.42 bits per heavy atom. The lowest BCUT2D eigenvalue weighted by molar-refractivity contribution is -0.137. The van der Waals surface area contributed by atoms with Crippen LogP contribution in [-0.2, 0) is 16.1 Å². The molecule has 6 nitrogen and oxygen atoms in total. The predicted molar refractivity (Wildman–Crippen MR) is 96.9 cm³/mol. The summed E-state index contributed by atoms with van der Waals surface area (Å²) in [5.74, 6) is 1.34. The van der Waals surface area contributed by atoms with Crippen molar-refractivity contribution in [3.05, 3.63) is 18.0 Å².